The molecule has 0 bridgehead atoms. The summed E-state index contributed by atoms with van der Waals surface area (Å²) in [5.41, 5.74) is 1.46. The van der Waals surface area contributed by atoms with Crippen LogP contribution in [0.4, 0.5) is 4.79 Å². The number of amides is 2. The molecule has 1 fully saturated rings. The van der Waals surface area contributed by atoms with Crippen LogP contribution in [0, 0.1) is 0 Å². The van der Waals surface area contributed by atoms with Gasteiger partial charge < -0.3 is 18.9 Å². The third-order valence-electron chi connectivity index (χ3n) is 6.02. The number of carbonyl (C=O) groups is 3. The summed E-state index contributed by atoms with van der Waals surface area (Å²) < 4.78 is 40.0. The zero-order valence-corrected chi connectivity index (χ0v) is 22.9. The van der Waals surface area contributed by atoms with Crippen LogP contribution < -0.4 is 4.80 Å². The van der Waals surface area contributed by atoms with E-state index in [0.29, 0.717) is 10.4 Å². The third-order valence-corrected chi connectivity index (χ3v) is 9.03. The van der Waals surface area contributed by atoms with Crippen molar-refractivity contribution in [3.63, 3.8) is 0 Å². The van der Waals surface area contributed by atoms with E-state index in [-0.39, 0.29) is 49.9 Å². The van der Waals surface area contributed by atoms with Crippen LogP contribution in [0.25, 0.3) is 10.2 Å². The fourth-order valence-electron chi connectivity index (χ4n) is 3.98. The van der Waals surface area contributed by atoms with Gasteiger partial charge in [-0.3, -0.25) is 4.79 Å². The minimum Gasteiger partial charge on any atom is -0.462 e. The molecule has 11 nitrogen and oxygen atoms in total. The summed E-state index contributed by atoms with van der Waals surface area (Å²) in [6, 6.07) is 10.8. The molecular formula is C25H28N4O7S2. The van der Waals surface area contributed by atoms with Crippen molar-refractivity contribution < 1.29 is 32.3 Å². The van der Waals surface area contributed by atoms with E-state index in [2.05, 4.69) is 4.99 Å². The third kappa shape index (κ3) is 5.64. The number of ether oxygens (including phenoxy) is 2. The first-order chi connectivity index (χ1) is 18.1. The Morgan fingerprint density at radius 1 is 0.921 bits per heavy atom. The number of thiazole rings is 1. The molecule has 0 saturated carbocycles. The Bertz CT molecular complexity index is 1530. The van der Waals surface area contributed by atoms with Gasteiger partial charge in [0.1, 0.15) is 0 Å². The highest BCUT2D eigenvalue weighted by atomic mass is 32.2. The van der Waals surface area contributed by atoms with E-state index in [1.54, 1.807) is 43.7 Å². The Morgan fingerprint density at radius 2 is 1.55 bits per heavy atom. The average Bonchev–Trinajstić information content (AvgIpc) is 3.23. The Kier molecular flexibility index (Phi) is 8.29. The lowest BCUT2D eigenvalue weighted by Gasteiger charge is -2.33. The molecule has 1 aliphatic heterocycles. The lowest BCUT2D eigenvalue weighted by atomic mass is 10.2. The number of carbonyl (C=O) groups excluding carboxylic acids is 3. The number of esters is 1. The topological polar surface area (TPSA) is 128 Å². The molecule has 0 unspecified atom stereocenters. The van der Waals surface area contributed by atoms with E-state index in [0.717, 1.165) is 10.2 Å². The van der Waals surface area contributed by atoms with Crippen LogP contribution in [0.5, 0.6) is 0 Å². The molecule has 0 N–H and O–H groups in total. The molecule has 0 atom stereocenters. The first-order valence-electron chi connectivity index (χ1n) is 12.0. The SMILES string of the molecule is CCOC(=O)c1ccc2c(c1)sc(=NC(=O)c1ccc(S(=O)(=O)N3CCN(C(=O)OCC)CC3)cc1)n2C. The molecule has 2 amide bonds. The first-order valence-corrected chi connectivity index (χ1v) is 14.3. The van der Waals surface area contributed by atoms with Gasteiger partial charge in [-0.2, -0.15) is 9.30 Å². The minimum absolute atomic E-state index is 0.0533. The molecule has 0 aliphatic carbocycles. The number of fused-ring (bicyclic) bond motifs is 1. The molecule has 3 aromatic rings. The maximum Gasteiger partial charge on any atom is 0.409 e. The van der Waals surface area contributed by atoms with Crippen molar-refractivity contribution in [3.8, 4) is 0 Å². The van der Waals surface area contributed by atoms with Gasteiger partial charge in [-0.25, -0.2) is 18.0 Å². The average molecular weight is 561 g/mol. The maximum absolute atomic E-state index is 13.1. The number of nitrogens with zero attached hydrogens (tertiary/aromatic N) is 4. The summed E-state index contributed by atoms with van der Waals surface area (Å²) in [6.07, 6.45) is -0.456. The maximum atomic E-state index is 13.1. The van der Waals surface area contributed by atoms with Crippen LogP contribution in [0.3, 0.4) is 0 Å². The van der Waals surface area contributed by atoms with Crippen molar-refractivity contribution in [2.24, 2.45) is 12.0 Å². The number of hydrogen-bond donors (Lipinski definition) is 0. The Hall–Kier alpha value is -3.55. The lowest BCUT2D eigenvalue weighted by molar-refractivity contribution is 0.0526. The second-order valence-electron chi connectivity index (χ2n) is 8.38. The van der Waals surface area contributed by atoms with E-state index < -0.39 is 28.0 Å². The summed E-state index contributed by atoms with van der Waals surface area (Å²) in [4.78, 5) is 42.9. The molecule has 1 aliphatic rings. The summed E-state index contributed by atoms with van der Waals surface area (Å²) in [5.74, 6) is -0.944. The number of benzene rings is 2. The van der Waals surface area contributed by atoms with E-state index in [1.165, 1.54) is 44.8 Å². The molecule has 0 spiro atoms. The van der Waals surface area contributed by atoms with Gasteiger partial charge in [0.2, 0.25) is 10.0 Å². The highest BCUT2D eigenvalue weighted by Crippen LogP contribution is 2.21. The molecule has 2 heterocycles. The van der Waals surface area contributed by atoms with Crippen LogP contribution in [-0.4, -0.2) is 79.6 Å². The van der Waals surface area contributed by atoms with Gasteiger partial charge in [-0.1, -0.05) is 11.3 Å². The van der Waals surface area contributed by atoms with Gasteiger partial charge in [0.05, 0.1) is 33.9 Å². The zero-order valence-electron chi connectivity index (χ0n) is 21.2. The van der Waals surface area contributed by atoms with Gasteiger partial charge in [-0.15, -0.1) is 0 Å². The Morgan fingerprint density at radius 3 is 2.18 bits per heavy atom. The quantitative estimate of drug-likeness (QED) is 0.424. The van der Waals surface area contributed by atoms with Crippen LogP contribution in [0.15, 0.2) is 52.4 Å². The number of aromatic nitrogens is 1. The second-order valence-corrected chi connectivity index (χ2v) is 11.3. The molecular weight excluding hydrogens is 532 g/mol. The van der Waals surface area contributed by atoms with E-state index in [1.807, 2.05) is 0 Å². The van der Waals surface area contributed by atoms with Gasteiger partial charge in [0.15, 0.2) is 4.80 Å². The van der Waals surface area contributed by atoms with Crippen molar-refractivity contribution in [3.05, 3.63) is 58.4 Å². The second kappa shape index (κ2) is 11.5. The predicted octanol–water partition coefficient (Wildman–Crippen LogP) is 2.62. The smallest absolute Gasteiger partial charge is 0.409 e. The van der Waals surface area contributed by atoms with E-state index in [4.69, 9.17) is 9.47 Å². The van der Waals surface area contributed by atoms with Crippen molar-refractivity contribution in [2.75, 3.05) is 39.4 Å². The summed E-state index contributed by atoms with van der Waals surface area (Å²) in [7, 11) is -2.02. The first kappa shape index (κ1) is 27.5. The normalized spacial score (nSPS) is 15.0. The Labute approximate surface area is 224 Å². The molecule has 4 rings (SSSR count). The summed E-state index contributed by atoms with van der Waals surface area (Å²) in [6.45, 7) is 4.76. The van der Waals surface area contributed by atoms with Crippen LogP contribution in [0.2, 0.25) is 0 Å². The molecule has 2 aromatic carbocycles. The number of hydrogen-bond acceptors (Lipinski definition) is 8. The largest absolute Gasteiger partial charge is 0.462 e. The zero-order chi connectivity index (χ0) is 27.4. The Balaban J connectivity index is 1.50. The van der Waals surface area contributed by atoms with Gasteiger partial charge >= 0.3 is 12.1 Å². The van der Waals surface area contributed by atoms with Gasteiger partial charge in [-0.05, 0) is 56.3 Å². The van der Waals surface area contributed by atoms with Crippen LogP contribution in [-0.2, 0) is 26.5 Å². The van der Waals surface area contributed by atoms with E-state index in [9.17, 15) is 22.8 Å². The molecule has 1 saturated heterocycles. The van der Waals surface area contributed by atoms with E-state index >= 15 is 0 Å². The molecule has 38 heavy (non-hydrogen) atoms. The van der Waals surface area contributed by atoms with Crippen LogP contribution in [0.1, 0.15) is 34.6 Å². The highest BCUT2D eigenvalue weighted by Gasteiger charge is 2.30. The minimum atomic E-state index is -3.79. The fourth-order valence-corrected chi connectivity index (χ4v) is 6.46. The fraction of sp³-hybridized carbons (Fsp3) is 0.360. The van der Waals surface area contributed by atoms with Crippen molar-refractivity contribution >= 4 is 49.5 Å². The summed E-state index contributed by atoms with van der Waals surface area (Å²) in [5, 5.41) is 0. The number of aryl methyl sites for hydroxylation is 1. The number of sulfonamides is 1. The molecule has 1 aromatic heterocycles. The van der Waals surface area contributed by atoms with Gasteiger partial charge in [0.25, 0.3) is 5.91 Å². The number of piperazine rings is 1. The predicted molar refractivity (Wildman–Crippen MR) is 140 cm³/mol. The molecule has 202 valence electrons. The monoisotopic (exact) mass is 560 g/mol. The van der Waals surface area contributed by atoms with Crippen molar-refractivity contribution in [1.29, 1.82) is 0 Å². The van der Waals surface area contributed by atoms with Crippen LogP contribution >= 0.6 is 11.3 Å². The van der Waals surface area contributed by atoms with Crippen molar-refractivity contribution in [1.82, 2.24) is 13.8 Å². The summed E-state index contributed by atoms with van der Waals surface area (Å²) >= 11 is 1.26. The highest BCUT2D eigenvalue weighted by molar-refractivity contribution is 7.89. The molecule has 0 radical (unpaired) electrons. The standard InChI is InChI=1S/C25H28N4O7S2/c1-4-35-23(31)18-8-11-20-21(16-18)37-24(27(20)3)26-22(30)17-6-9-19(10-7-17)38(33,34)29-14-12-28(13-15-29)25(32)36-5-2/h6-11,16H,4-5,12-15H2,1-3H3. The molecule has 13 heteroatoms. The number of rotatable bonds is 6. The lowest BCUT2D eigenvalue weighted by Crippen LogP contribution is -2.50. The van der Waals surface area contributed by atoms with Crippen molar-refractivity contribution in [2.45, 2.75) is 18.7 Å². The van der Waals surface area contributed by atoms with Gasteiger partial charge in [0, 0.05) is 38.8 Å².